The maximum atomic E-state index is 9.69. The number of nitrogen functional groups attached to an aromatic ring is 1. The number of imidazole rings is 1. The maximum absolute atomic E-state index is 9.69. The lowest BCUT2D eigenvalue weighted by atomic mass is 10.1. The Kier molecular flexibility index (Phi) is 3.22. The van der Waals surface area contributed by atoms with Crippen LogP contribution in [0.3, 0.4) is 0 Å². The van der Waals surface area contributed by atoms with E-state index in [0.717, 1.165) is 0 Å². The second-order valence-corrected chi connectivity index (χ2v) is 4.55. The highest BCUT2D eigenvalue weighted by molar-refractivity contribution is 5.77. The second kappa shape index (κ2) is 5.05. The number of anilines is 1. The van der Waals surface area contributed by atoms with Gasteiger partial charge in [-0.1, -0.05) is 5.11 Å². The highest BCUT2D eigenvalue weighted by Gasteiger charge is 2.36. The summed E-state index contributed by atoms with van der Waals surface area (Å²) < 4.78 is 7.19. The number of fused-ring (bicyclic) bond motifs is 1. The average Bonchev–Trinajstić information content (AvgIpc) is 3.02. The first-order chi connectivity index (χ1) is 10.1. The number of aromatic hydroxyl groups is 1. The van der Waals surface area contributed by atoms with Crippen LogP contribution < -0.4 is 5.73 Å². The molecule has 3 atom stereocenters. The lowest BCUT2D eigenvalue weighted by Crippen LogP contribution is -2.22. The fourth-order valence-electron chi connectivity index (χ4n) is 2.37. The van der Waals surface area contributed by atoms with E-state index in [9.17, 15) is 10.2 Å². The Bertz CT molecular complexity index is 724. The predicted octanol–water partition coefficient (Wildman–Crippen LogP) is 0.0728. The molecule has 0 bridgehead atoms. The number of rotatable bonds is 3. The van der Waals surface area contributed by atoms with Crippen molar-refractivity contribution in [3.8, 4) is 5.88 Å². The van der Waals surface area contributed by atoms with Crippen molar-refractivity contribution in [2.45, 2.75) is 24.8 Å². The molecule has 0 unspecified atom stereocenters. The largest absolute Gasteiger partial charge is 0.492 e. The molecule has 1 fully saturated rings. The first kappa shape index (κ1) is 13.4. The van der Waals surface area contributed by atoms with Crippen LogP contribution in [-0.4, -0.2) is 48.5 Å². The number of aliphatic hydroxyl groups is 1. The third-order valence-electron chi connectivity index (χ3n) is 3.31. The minimum absolute atomic E-state index is 0.0925. The van der Waals surface area contributed by atoms with Crippen molar-refractivity contribution in [2.24, 2.45) is 5.11 Å². The number of nitrogens with two attached hydrogens (primary N) is 1. The monoisotopic (exact) mass is 292 g/mol. The van der Waals surface area contributed by atoms with Crippen LogP contribution in [0.5, 0.6) is 5.88 Å². The zero-order chi connectivity index (χ0) is 15.0. The van der Waals surface area contributed by atoms with Gasteiger partial charge >= 0.3 is 0 Å². The molecule has 1 aliphatic heterocycles. The fraction of sp³-hybridized carbons (Fsp3) is 0.500. The minimum Gasteiger partial charge on any atom is -0.492 e. The summed E-state index contributed by atoms with van der Waals surface area (Å²) in [6.07, 6.45) is 0.647. The number of aromatic nitrogens is 4. The summed E-state index contributed by atoms with van der Waals surface area (Å²) in [7, 11) is 0. The summed E-state index contributed by atoms with van der Waals surface area (Å²) >= 11 is 0. The van der Waals surface area contributed by atoms with Crippen LogP contribution in [0.25, 0.3) is 21.6 Å². The Labute approximate surface area is 117 Å². The van der Waals surface area contributed by atoms with Gasteiger partial charge in [-0.25, -0.2) is 4.98 Å². The Morgan fingerprint density at radius 1 is 1.57 bits per heavy atom. The quantitative estimate of drug-likeness (QED) is 0.408. The number of ether oxygens (including phenoxy) is 1. The van der Waals surface area contributed by atoms with Gasteiger partial charge in [0.05, 0.1) is 25.1 Å². The molecule has 0 aliphatic carbocycles. The molecule has 4 N–H and O–H groups in total. The molecular formula is C10H12N8O3. The van der Waals surface area contributed by atoms with Crippen LogP contribution in [0, 0.1) is 0 Å². The van der Waals surface area contributed by atoms with Crippen LogP contribution in [0.1, 0.15) is 12.6 Å². The molecule has 11 nitrogen and oxygen atoms in total. The molecule has 3 rings (SSSR count). The zero-order valence-electron chi connectivity index (χ0n) is 10.7. The van der Waals surface area contributed by atoms with E-state index in [1.807, 2.05) is 0 Å². The van der Waals surface area contributed by atoms with Gasteiger partial charge in [0, 0.05) is 11.3 Å². The van der Waals surface area contributed by atoms with Crippen LogP contribution in [0.15, 0.2) is 11.4 Å². The second-order valence-electron chi connectivity index (χ2n) is 4.55. The van der Waals surface area contributed by atoms with E-state index in [-0.39, 0.29) is 24.0 Å². The summed E-state index contributed by atoms with van der Waals surface area (Å²) in [5.41, 5.74) is 14.5. The van der Waals surface area contributed by atoms with Crippen molar-refractivity contribution in [2.75, 3.05) is 12.3 Å². The topological polar surface area (TPSA) is 168 Å². The predicted molar refractivity (Wildman–Crippen MR) is 69.9 cm³/mol. The van der Waals surface area contributed by atoms with Crippen LogP contribution in [-0.2, 0) is 4.74 Å². The Hall–Kier alpha value is -2.62. The molecule has 3 heterocycles. The van der Waals surface area contributed by atoms with Gasteiger partial charge in [-0.3, -0.25) is 4.57 Å². The van der Waals surface area contributed by atoms with E-state index < -0.39 is 18.4 Å². The Morgan fingerprint density at radius 2 is 2.38 bits per heavy atom. The van der Waals surface area contributed by atoms with Gasteiger partial charge in [-0.15, -0.1) is 0 Å². The van der Waals surface area contributed by atoms with E-state index in [2.05, 4.69) is 25.0 Å². The molecule has 1 aliphatic rings. The smallest absolute Gasteiger partial charge is 0.244 e. The summed E-state index contributed by atoms with van der Waals surface area (Å²) in [6, 6.07) is -0.491. The molecule has 0 amide bonds. The highest BCUT2D eigenvalue weighted by Crippen LogP contribution is 2.33. The first-order valence-corrected chi connectivity index (χ1v) is 6.13. The van der Waals surface area contributed by atoms with Crippen molar-refractivity contribution in [3.63, 3.8) is 0 Å². The molecular weight excluding hydrogens is 280 g/mol. The molecule has 1 saturated heterocycles. The normalized spacial score (nSPS) is 25.1. The van der Waals surface area contributed by atoms with E-state index >= 15 is 0 Å². The minimum atomic E-state index is -0.601. The fourth-order valence-corrected chi connectivity index (χ4v) is 2.37. The van der Waals surface area contributed by atoms with Gasteiger partial charge in [-0.2, -0.15) is 9.97 Å². The standard InChI is InChI=1S/C10H12N8O3/c11-10-14-8-7(9(20)15-10)13-3-18(8)6-1-4(16-17-12)5(2-19)21-6/h3-6,19H,1-2H2,(H3,11,14,15,20)/t4-,5-,6-/m1/s1. The summed E-state index contributed by atoms with van der Waals surface area (Å²) in [4.78, 5) is 14.4. The van der Waals surface area contributed by atoms with Crippen molar-refractivity contribution < 1.29 is 14.9 Å². The van der Waals surface area contributed by atoms with Gasteiger partial charge in [0.2, 0.25) is 11.8 Å². The first-order valence-electron chi connectivity index (χ1n) is 6.13. The molecule has 0 aromatic carbocycles. The van der Waals surface area contributed by atoms with Crippen LogP contribution in [0.2, 0.25) is 0 Å². The zero-order valence-corrected chi connectivity index (χ0v) is 10.7. The molecule has 2 aromatic rings. The maximum Gasteiger partial charge on any atom is 0.244 e. The molecule has 21 heavy (non-hydrogen) atoms. The van der Waals surface area contributed by atoms with E-state index in [1.54, 1.807) is 4.57 Å². The lowest BCUT2D eigenvalue weighted by molar-refractivity contribution is -0.0232. The summed E-state index contributed by atoms with van der Waals surface area (Å²) in [5.74, 6) is -0.412. The van der Waals surface area contributed by atoms with E-state index in [1.165, 1.54) is 6.33 Å². The van der Waals surface area contributed by atoms with Crippen molar-refractivity contribution in [1.82, 2.24) is 19.5 Å². The third-order valence-corrected chi connectivity index (χ3v) is 3.31. The number of azide groups is 1. The molecule has 0 radical (unpaired) electrons. The number of aliphatic hydroxyl groups excluding tert-OH is 1. The molecule has 0 spiro atoms. The molecule has 2 aromatic heterocycles. The summed E-state index contributed by atoms with van der Waals surface area (Å²) in [6.45, 7) is -0.269. The SMILES string of the molecule is [N-]=[N+]=N[C@@H]1C[C@H](n2cnc3c(O)nc(N)nc32)O[C@@H]1CO. The third kappa shape index (κ3) is 2.18. The molecule has 110 valence electrons. The summed E-state index contributed by atoms with van der Waals surface area (Å²) in [5, 5.41) is 22.6. The van der Waals surface area contributed by atoms with Gasteiger partial charge in [0.1, 0.15) is 6.23 Å². The number of hydrogen-bond acceptors (Lipinski definition) is 8. The van der Waals surface area contributed by atoms with Gasteiger partial charge in [-0.05, 0) is 5.53 Å². The van der Waals surface area contributed by atoms with Gasteiger partial charge in [0.15, 0.2) is 11.2 Å². The van der Waals surface area contributed by atoms with E-state index in [0.29, 0.717) is 12.1 Å². The number of hydrogen-bond donors (Lipinski definition) is 3. The average molecular weight is 292 g/mol. The lowest BCUT2D eigenvalue weighted by Gasteiger charge is -2.13. The van der Waals surface area contributed by atoms with Gasteiger partial charge in [0.25, 0.3) is 0 Å². The van der Waals surface area contributed by atoms with Crippen molar-refractivity contribution in [1.29, 1.82) is 0 Å². The Morgan fingerprint density at radius 3 is 3.10 bits per heavy atom. The Balaban J connectivity index is 2.00. The number of nitrogens with zero attached hydrogens (tertiary/aromatic N) is 7. The van der Waals surface area contributed by atoms with Crippen LogP contribution in [0.4, 0.5) is 5.95 Å². The van der Waals surface area contributed by atoms with Crippen molar-refractivity contribution in [3.05, 3.63) is 16.8 Å². The molecule has 11 heteroatoms. The van der Waals surface area contributed by atoms with Crippen LogP contribution >= 0.6 is 0 Å². The van der Waals surface area contributed by atoms with E-state index in [4.69, 9.17) is 16.0 Å². The van der Waals surface area contributed by atoms with Gasteiger partial charge < -0.3 is 20.7 Å². The van der Waals surface area contributed by atoms with Crippen molar-refractivity contribution >= 4 is 17.1 Å². The highest BCUT2D eigenvalue weighted by atomic mass is 16.5. The molecule has 0 saturated carbocycles.